The normalized spacial score (nSPS) is 14.6. The number of fused-ring (bicyclic) bond motifs is 1. The Bertz CT molecular complexity index is 2840. The van der Waals surface area contributed by atoms with Crippen molar-refractivity contribution in [3.8, 4) is 39.0 Å². The molecule has 1 aliphatic carbocycles. The molecule has 6 aromatic heterocycles. The molecule has 2 aliphatic heterocycles. The molecule has 0 amide bonds. The van der Waals surface area contributed by atoms with Gasteiger partial charge in [0.05, 0.1) is 21.1 Å². The van der Waals surface area contributed by atoms with Crippen molar-refractivity contribution in [2.24, 2.45) is 11.8 Å². The molecule has 0 aromatic carbocycles. The number of methoxy groups -OCH3 is 2. The minimum absolute atomic E-state index is 0.633. The summed E-state index contributed by atoms with van der Waals surface area (Å²) in [6, 6.07) is 20.2. The maximum absolute atomic E-state index is 4.25. The van der Waals surface area contributed by atoms with Gasteiger partial charge in [-0.15, -0.1) is 68.0 Å². The number of nitrogens with zero attached hydrogens (tertiary/aromatic N) is 2. The summed E-state index contributed by atoms with van der Waals surface area (Å²) in [7, 11) is 6.50. The number of unbranched alkanes of at least 4 members (excludes halogenated alkanes) is 14. The smallest absolute Gasteiger partial charge is 0.0599 e. The molecule has 1 fully saturated rings. The topological polar surface area (TPSA) is 24.9 Å². The zero-order chi connectivity index (χ0) is 60.9. The van der Waals surface area contributed by atoms with Gasteiger partial charge in [0, 0.05) is 105 Å². The fourth-order valence-corrected chi connectivity index (χ4v) is 19.6. The molecule has 2 unspecified atom stereocenters. The Hall–Kier alpha value is -2.80. The van der Waals surface area contributed by atoms with E-state index in [9.17, 15) is 0 Å². The van der Waals surface area contributed by atoms with Crippen molar-refractivity contribution >= 4 is 79.4 Å². The van der Waals surface area contributed by atoms with Gasteiger partial charge in [0.2, 0.25) is 0 Å². The van der Waals surface area contributed by atoms with Crippen molar-refractivity contribution in [1.29, 1.82) is 0 Å². The van der Waals surface area contributed by atoms with E-state index in [1.165, 1.54) is 214 Å². The molecule has 0 spiro atoms. The van der Waals surface area contributed by atoms with Crippen molar-refractivity contribution in [3.63, 3.8) is 0 Å². The van der Waals surface area contributed by atoms with Gasteiger partial charge in [0.1, 0.15) is 0 Å². The van der Waals surface area contributed by atoms with Gasteiger partial charge in [-0.05, 0) is 164 Å². The molecule has 0 bridgehead atoms. The maximum Gasteiger partial charge on any atom is 0.0599 e. The van der Waals surface area contributed by atoms with Crippen molar-refractivity contribution in [3.05, 3.63) is 102 Å². The number of hydrogen-bond donors (Lipinski definition) is 0. The summed E-state index contributed by atoms with van der Waals surface area (Å²) >= 11 is 12.3. The number of hydrogen-bond acceptors (Lipinski definition) is 10. The quantitative estimate of drug-likeness (QED) is 0.0366. The van der Waals surface area contributed by atoms with Crippen LogP contribution in [0.3, 0.4) is 0 Å². The first-order valence-corrected chi connectivity index (χ1v) is 39.1. The molecule has 0 N–H and O–H groups in total. The van der Waals surface area contributed by atoms with Crippen LogP contribution in [0.15, 0.2) is 70.4 Å². The second kappa shape index (κ2) is 39.4. The summed E-state index contributed by atoms with van der Waals surface area (Å²) in [6.07, 6.45) is 35.5. The Morgan fingerprint density at radius 2 is 0.859 bits per heavy atom. The molecular weight excluding hydrogens is 1150 g/mol. The molecule has 85 heavy (non-hydrogen) atoms. The molecule has 3 aliphatic rings. The highest BCUT2D eigenvalue weighted by Crippen LogP contribution is 2.55. The summed E-state index contributed by atoms with van der Waals surface area (Å²) < 4.78 is 8.50. The zero-order valence-electron chi connectivity index (χ0n) is 55.6. The molecule has 2 atom stereocenters. The molecule has 10 heteroatoms. The standard InChI is InChI=1S/C69H96N2S6.2C2H6O.C2H6/c1-8-14-19-22-23-25-29-50(28-24-17-11-4)46-71-48-57-56(65(71)63-44-55(51-33-34-51)69(77-63)61-38-36-59(75-61)66-52(30-18-12-5)39-41-72-66)47-70(45-49(7)13-6)64(57)62-43-54(32-27-21-16-10-3)68(76-62)60-37-35-58(74-60)67-53(40-42-73-67)31-26-20-15-9-2;2*1-3-2;1-2/h35-44,49-51H,8-34,45-48H2,1-7H3;2*1-2H3;1-2H3. The van der Waals surface area contributed by atoms with E-state index >= 15 is 0 Å². The lowest BCUT2D eigenvalue weighted by molar-refractivity contribution is 0.277. The minimum atomic E-state index is 0.633. The second-order valence-corrected chi connectivity index (χ2v) is 30.5. The molecule has 0 saturated heterocycles. The van der Waals surface area contributed by atoms with Crippen molar-refractivity contribution in [1.82, 2.24) is 9.80 Å². The largest absolute Gasteiger partial charge is 0.388 e. The summed E-state index contributed by atoms with van der Waals surface area (Å²) in [4.78, 5) is 21.0. The summed E-state index contributed by atoms with van der Waals surface area (Å²) in [6.45, 7) is 25.0. The van der Waals surface area contributed by atoms with Gasteiger partial charge < -0.3 is 19.3 Å². The van der Waals surface area contributed by atoms with Crippen LogP contribution in [-0.4, -0.2) is 64.4 Å². The molecule has 472 valence electrons. The highest BCUT2D eigenvalue weighted by molar-refractivity contribution is 7.27. The van der Waals surface area contributed by atoms with Crippen LogP contribution in [0.1, 0.15) is 254 Å². The van der Waals surface area contributed by atoms with Gasteiger partial charge in [-0.2, -0.15) is 0 Å². The average molecular weight is 1270 g/mol. The third-order valence-corrected chi connectivity index (χ3v) is 24.4. The van der Waals surface area contributed by atoms with Crippen LogP contribution < -0.4 is 0 Å². The first-order chi connectivity index (χ1) is 41.7. The van der Waals surface area contributed by atoms with Crippen LogP contribution in [0.2, 0.25) is 0 Å². The van der Waals surface area contributed by atoms with Crippen molar-refractivity contribution in [2.45, 2.75) is 242 Å². The summed E-state index contributed by atoms with van der Waals surface area (Å²) in [5.41, 5.74) is 12.8. The third kappa shape index (κ3) is 20.6. The Kier molecular flexibility index (Phi) is 33.0. The van der Waals surface area contributed by atoms with Crippen LogP contribution in [-0.2, 0) is 28.7 Å². The zero-order valence-corrected chi connectivity index (χ0v) is 60.5. The predicted octanol–water partition coefficient (Wildman–Crippen LogP) is 25.5. The molecule has 9 rings (SSSR count). The van der Waals surface area contributed by atoms with Crippen molar-refractivity contribution in [2.75, 3.05) is 54.6 Å². The van der Waals surface area contributed by atoms with Crippen LogP contribution in [0.4, 0.5) is 0 Å². The predicted molar refractivity (Wildman–Crippen MR) is 387 cm³/mol. The highest BCUT2D eigenvalue weighted by atomic mass is 32.1. The lowest BCUT2D eigenvalue weighted by Crippen LogP contribution is -2.29. The third-order valence-electron chi connectivity index (χ3n) is 17.2. The van der Waals surface area contributed by atoms with Crippen LogP contribution >= 0.6 is 68.0 Å². The molecular formula is C75H114N2O2S6. The van der Waals surface area contributed by atoms with E-state index in [1.807, 2.05) is 36.5 Å². The lowest BCUT2D eigenvalue weighted by Gasteiger charge is -2.30. The Morgan fingerprint density at radius 1 is 0.447 bits per heavy atom. The van der Waals surface area contributed by atoms with Gasteiger partial charge in [0.15, 0.2) is 0 Å². The number of rotatable bonds is 36. The summed E-state index contributed by atoms with van der Waals surface area (Å²) in [5.74, 6) is 2.06. The van der Waals surface area contributed by atoms with E-state index in [0.717, 1.165) is 25.6 Å². The molecule has 0 radical (unpaired) electrons. The van der Waals surface area contributed by atoms with Gasteiger partial charge >= 0.3 is 0 Å². The highest BCUT2D eigenvalue weighted by Gasteiger charge is 2.41. The van der Waals surface area contributed by atoms with Gasteiger partial charge in [-0.25, -0.2) is 0 Å². The van der Waals surface area contributed by atoms with Crippen LogP contribution in [0.25, 0.3) is 50.4 Å². The first kappa shape index (κ1) is 71.3. The number of ether oxygens (including phenoxy) is 2. The fraction of sp³-hybridized carbons (Fsp3) is 0.627. The minimum Gasteiger partial charge on any atom is -0.388 e. The van der Waals surface area contributed by atoms with E-state index in [-0.39, 0.29) is 0 Å². The molecule has 6 aromatic rings. The van der Waals surface area contributed by atoms with E-state index in [2.05, 4.69) is 172 Å². The van der Waals surface area contributed by atoms with Gasteiger partial charge in [-0.3, -0.25) is 0 Å². The Morgan fingerprint density at radius 3 is 1.38 bits per heavy atom. The number of thiophene rings is 6. The van der Waals surface area contributed by atoms with Gasteiger partial charge in [0.25, 0.3) is 0 Å². The van der Waals surface area contributed by atoms with E-state index in [1.54, 1.807) is 87.9 Å². The number of aryl methyl sites for hydroxylation is 3. The molecule has 1 saturated carbocycles. The van der Waals surface area contributed by atoms with Crippen LogP contribution in [0.5, 0.6) is 0 Å². The van der Waals surface area contributed by atoms with Gasteiger partial charge in [-0.1, -0.05) is 171 Å². The van der Waals surface area contributed by atoms with E-state index < -0.39 is 0 Å². The molecule has 4 nitrogen and oxygen atoms in total. The van der Waals surface area contributed by atoms with Crippen molar-refractivity contribution < 1.29 is 9.47 Å². The SMILES string of the molecule is CC.CCCCCCCCC(CCCCC)CN1CC2=C(c3cc(CCCCCC)c(-c4ccc(-c5sccc5CCCCCC)s4)s3)N(CC(C)CC)CC2=C1c1cc(C2CC2)c(-c2ccc(-c3sccc3CCCC)s2)s1.COC.COC. The van der Waals surface area contributed by atoms with E-state index in [0.29, 0.717) is 11.8 Å². The Labute approximate surface area is 544 Å². The maximum atomic E-state index is 4.25. The summed E-state index contributed by atoms with van der Waals surface area (Å²) in [5, 5.41) is 4.67. The van der Waals surface area contributed by atoms with E-state index in [4.69, 9.17) is 0 Å². The fourth-order valence-electron chi connectivity index (χ4n) is 12.4. The average Bonchev–Trinajstić information content (AvgIpc) is 2.06. The first-order valence-electron chi connectivity index (χ1n) is 34.1. The molecule has 8 heterocycles. The second-order valence-electron chi connectivity index (χ2n) is 24.4. The monoisotopic (exact) mass is 1270 g/mol. The van der Waals surface area contributed by atoms with Crippen LogP contribution in [0, 0.1) is 11.8 Å². The lowest BCUT2D eigenvalue weighted by atomic mass is 9.93. The Balaban J connectivity index is 0.00000137.